The molecule has 0 spiro atoms. The molecule has 2 unspecified atom stereocenters. The van der Waals surface area contributed by atoms with E-state index in [4.69, 9.17) is 10.3 Å². The SMILES string of the molecule is CC1CCCN(Cc2ccoc2C(=O)NN)C1C. The molecule has 100 valence electrons. The summed E-state index contributed by atoms with van der Waals surface area (Å²) in [5.41, 5.74) is 3.02. The standard InChI is InChI=1S/C13H21N3O2/c1-9-4-3-6-16(10(9)2)8-11-5-7-18-12(11)13(17)15-14/h5,7,9-10H,3-4,6,8,14H2,1-2H3,(H,15,17). The van der Waals surface area contributed by atoms with E-state index >= 15 is 0 Å². The van der Waals surface area contributed by atoms with Gasteiger partial charge in [0, 0.05) is 18.2 Å². The molecule has 0 saturated carbocycles. The summed E-state index contributed by atoms with van der Waals surface area (Å²) >= 11 is 0. The van der Waals surface area contributed by atoms with Gasteiger partial charge in [-0.05, 0) is 38.3 Å². The van der Waals surface area contributed by atoms with E-state index in [1.807, 2.05) is 6.07 Å². The highest BCUT2D eigenvalue weighted by atomic mass is 16.3. The second kappa shape index (κ2) is 5.54. The van der Waals surface area contributed by atoms with Crippen LogP contribution in [0, 0.1) is 5.92 Å². The van der Waals surface area contributed by atoms with Crippen molar-refractivity contribution >= 4 is 5.91 Å². The van der Waals surface area contributed by atoms with E-state index in [2.05, 4.69) is 24.2 Å². The van der Waals surface area contributed by atoms with Gasteiger partial charge in [0.1, 0.15) is 0 Å². The second-order valence-corrected chi connectivity index (χ2v) is 5.08. The number of piperidine rings is 1. The quantitative estimate of drug-likeness (QED) is 0.485. The zero-order chi connectivity index (χ0) is 13.1. The average Bonchev–Trinajstić information content (AvgIpc) is 2.82. The van der Waals surface area contributed by atoms with Crippen molar-refractivity contribution in [3.8, 4) is 0 Å². The normalized spacial score (nSPS) is 25.1. The summed E-state index contributed by atoms with van der Waals surface area (Å²) in [7, 11) is 0. The molecule has 5 nitrogen and oxygen atoms in total. The number of nitrogens with one attached hydrogen (secondary N) is 1. The van der Waals surface area contributed by atoms with Crippen LogP contribution in [0.3, 0.4) is 0 Å². The van der Waals surface area contributed by atoms with Crippen LogP contribution < -0.4 is 11.3 Å². The van der Waals surface area contributed by atoms with Crippen molar-refractivity contribution in [1.82, 2.24) is 10.3 Å². The summed E-state index contributed by atoms with van der Waals surface area (Å²) in [5.74, 6) is 5.79. The third-order valence-electron chi connectivity index (χ3n) is 3.96. The number of hydrogen-bond acceptors (Lipinski definition) is 4. The Labute approximate surface area is 107 Å². The maximum atomic E-state index is 11.5. The number of rotatable bonds is 3. The summed E-state index contributed by atoms with van der Waals surface area (Å²) in [6, 6.07) is 2.37. The van der Waals surface area contributed by atoms with Gasteiger partial charge in [-0.2, -0.15) is 0 Å². The van der Waals surface area contributed by atoms with Crippen LogP contribution in [-0.2, 0) is 6.54 Å². The Morgan fingerprint density at radius 3 is 3.11 bits per heavy atom. The van der Waals surface area contributed by atoms with Crippen molar-refractivity contribution in [3.05, 3.63) is 23.7 Å². The van der Waals surface area contributed by atoms with Gasteiger partial charge in [0.05, 0.1) is 6.26 Å². The van der Waals surface area contributed by atoms with Gasteiger partial charge in [0.2, 0.25) is 0 Å². The van der Waals surface area contributed by atoms with E-state index in [0.29, 0.717) is 17.7 Å². The molecule has 5 heteroatoms. The summed E-state index contributed by atoms with van der Waals surface area (Å²) < 4.78 is 5.20. The molecule has 2 rings (SSSR count). The van der Waals surface area contributed by atoms with E-state index in [1.54, 1.807) is 0 Å². The number of carbonyl (C=O) groups is 1. The fourth-order valence-corrected chi connectivity index (χ4v) is 2.59. The minimum Gasteiger partial charge on any atom is -0.459 e. The molecule has 2 heterocycles. The molecule has 0 aromatic carbocycles. The summed E-state index contributed by atoms with van der Waals surface area (Å²) in [4.78, 5) is 13.9. The van der Waals surface area contributed by atoms with E-state index in [-0.39, 0.29) is 5.91 Å². The van der Waals surface area contributed by atoms with Crippen molar-refractivity contribution in [3.63, 3.8) is 0 Å². The van der Waals surface area contributed by atoms with Crippen LogP contribution in [0.2, 0.25) is 0 Å². The molecule has 1 amide bonds. The van der Waals surface area contributed by atoms with E-state index < -0.39 is 0 Å². The topological polar surface area (TPSA) is 71.5 Å². The lowest BCUT2D eigenvalue weighted by Crippen LogP contribution is -2.42. The number of hydrogen-bond donors (Lipinski definition) is 2. The van der Waals surface area contributed by atoms with Gasteiger partial charge in [0.25, 0.3) is 0 Å². The van der Waals surface area contributed by atoms with Gasteiger partial charge >= 0.3 is 5.91 Å². The van der Waals surface area contributed by atoms with Crippen molar-refractivity contribution < 1.29 is 9.21 Å². The lowest BCUT2D eigenvalue weighted by Gasteiger charge is -2.37. The van der Waals surface area contributed by atoms with Gasteiger partial charge in [-0.25, -0.2) is 5.84 Å². The highest BCUT2D eigenvalue weighted by Gasteiger charge is 2.26. The zero-order valence-electron chi connectivity index (χ0n) is 11.0. The highest BCUT2D eigenvalue weighted by molar-refractivity contribution is 5.92. The number of hydrazine groups is 1. The smallest absolute Gasteiger partial charge is 0.301 e. The van der Waals surface area contributed by atoms with Crippen molar-refractivity contribution in [2.45, 2.75) is 39.3 Å². The number of carbonyl (C=O) groups excluding carboxylic acids is 1. The molecule has 1 aromatic heterocycles. The van der Waals surface area contributed by atoms with Gasteiger partial charge in [-0.1, -0.05) is 6.92 Å². The first-order valence-corrected chi connectivity index (χ1v) is 6.45. The molecular weight excluding hydrogens is 230 g/mol. The summed E-state index contributed by atoms with van der Waals surface area (Å²) in [6.45, 7) is 6.33. The minimum atomic E-state index is -0.368. The molecule has 0 radical (unpaired) electrons. The maximum Gasteiger partial charge on any atom is 0.301 e. The Kier molecular flexibility index (Phi) is 4.04. The Hall–Kier alpha value is -1.33. The predicted molar refractivity (Wildman–Crippen MR) is 68.6 cm³/mol. The fourth-order valence-electron chi connectivity index (χ4n) is 2.59. The molecular formula is C13H21N3O2. The second-order valence-electron chi connectivity index (χ2n) is 5.08. The molecule has 1 fully saturated rings. The molecule has 1 aliphatic heterocycles. The van der Waals surface area contributed by atoms with Crippen molar-refractivity contribution in [1.29, 1.82) is 0 Å². The summed E-state index contributed by atoms with van der Waals surface area (Å²) in [6.07, 6.45) is 4.03. The first-order valence-electron chi connectivity index (χ1n) is 6.45. The fraction of sp³-hybridized carbons (Fsp3) is 0.615. The third kappa shape index (κ3) is 2.57. The highest BCUT2D eigenvalue weighted by Crippen LogP contribution is 2.25. The number of nitrogen functional groups attached to an aromatic ring is 1. The number of furan rings is 1. The van der Waals surface area contributed by atoms with Crippen LogP contribution in [0.1, 0.15) is 42.8 Å². The van der Waals surface area contributed by atoms with Gasteiger partial charge < -0.3 is 4.42 Å². The van der Waals surface area contributed by atoms with Gasteiger partial charge in [-0.3, -0.25) is 15.1 Å². The number of nitrogens with two attached hydrogens (primary N) is 1. The molecule has 1 saturated heterocycles. The van der Waals surface area contributed by atoms with E-state index in [9.17, 15) is 4.79 Å². The molecule has 1 aromatic rings. The first-order chi connectivity index (χ1) is 8.63. The van der Waals surface area contributed by atoms with Crippen molar-refractivity contribution in [2.24, 2.45) is 11.8 Å². The number of nitrogens with zero attached hydrogens (tertiary/aromatic N) is 1. The maximum absolute atomic E-state index is 11.5. The third-order valence-corrected chi connectivity index (χ3v) is 3.96. The van der Waals surface area contributed by atoms with Crippen LogP contribution in [-0.4, -0.2) is 23.4 Å². The van der Waals surface area contributed by atoms with Crippen LogP contribution >= 0.6 is 0 Å². The Bertz CT molecular complexity index is 416. The zero-order valence-corrected chi connectivity index (χ0v) is 11.0. The van der Waals surface area contributed by atoms with E-state index in [0.717, 1.165) is 18.7 Å². The van der Waals surface area contributed by atoms with Crippen LogP contribution in [0.15, 0.2) is 16.7 Å². The van der Waals surface area contributed by atoms with Crippen LogP contribution in [0.25, 0.3) is 0 Å². The number of amides is 1. The molecule has 0 bridgehead atoms. The molecule has 1 aliphatic rings. The average molecular weight is 251 g/mol. The van der Waals surface area contributed by atoms with E-state index in [1.165, 1.54) is 19.1 Å². The summed E-state index contributed by atoms with van der Waals surface area (Å²) in [5, 5.41) is 0. The monoisotopic (exact) mass is 251 g/mol. The lowest BCUT2D eigenvalue weighted by atomic mass is 9.92. The van der Waals surface area contributed by atoms with Crippen molar-refractivity contribution in [2.75, 3.05) is 6.54 Å². The Balaban J connectivity index is 2.09. The molecule has 2 atom stereocenters. The largest absolute Gasteiger partial charge is 0.459 e. The van der Waals surface area contributed by atoms with Gasteiger partial charge in [0.15, 0.2) is 5.76 Å². The van der Waals surface area contributed by atoms with Crippen LogP contribution in [0.4, 0.5) is 0 Å². The molecule has 0 aliphatic carbocycles. The number of likely N-dealkylation sites (tertiary alicyclic amines) is 1. The van der Waals surface area contributed by atoms with Gasteiger partial charge in [-0.15, -0.1) is 0 Å². The Morgan fingerprint density at radius 1 is 1.61 bits per heavy atom. The van der Waals surface area contributed by atoms with Crippen LogP contribution in [0.5, 0.6) is 0 Å². The Morgan fingerprint density at radius 2 is 2.39 bits per heavy atom. The molecule has 3 N–H and O–H groups in total. The molecule has 18 heavy (non-hydrogen) atoms. The lowest BCUT2D eigenvalue weighted by molar-refractivity contribution is 0.0908. The predicted octanol–water partition coefficient (Wildman–Crippen LogP) is 1.50. The first kappa shape index (κ1) is 13.1. The minimum absolute atomic E-state index is 0.322.